The number of fused-ring (bicyclic) bond motifs is 1. The maximum atomic E-state index is 10.7. The average Bonchev–Trinajstić information content (AvgIpc) is 2.34. The molecule has 0 atom stereocenters. The van der Waals surface area contributed by atoms with Crippen LogP contribution in [-0.4, -0.2) is 15.9 Å². The van der Waals surface area contributed by atoms with Gasteiger partial charge in [-0.2, -0.15) is 0 Å². The molecule has 0 saturated heterocycles. The number of hydrogen-bond donors (Lipinski definition) is 0. The molecule has 2 rings (SSSR count). The first-order valence-electron chi connectivity index (χ1n) is 5.23. The Hall–Kier alpha value is -1.79. The minimum absolute atomic E-state index is 0.0991. The van der Waals surface area contributed by atoms with Crippen LogP contribution < -0.4 is 0 Å². The Morgan fingerprint density at radius 1 is 1.41 bits per heavy atom. The van der Waals surface area contributed by atoms with Gasteiger partial charge in [-0.15, -0.1) is 0 Å². The average molecular weight is 241 g/mol. The van der Waals surface area contributed by atoms with Crippen LogP contribution in [0.5, 0.6) is 0 Å². The number of thioether (sulfide) groups is 1. The van der Waals surface area contributed by atoms with Crippen molar-refractivity contribution in [1.29, 1.82) is 0 Å². The normalized spacial score (nSPS) is 9.71. The van der Waals surface area contributed by atoms with Gasteiger partial charge in [0, 0.05) is 24.1 Å². The van der Waals surface area contributed by atoms with Gasteiger partial charge < -0.3 is 0 Å². The summed E-state index contributed by atoms with van der Waals surface area (Å²) in [6.45, 7) is 1.55. The highest BCUT2D eigenvalue weighted by Gasteiger charge is 1.94. The highest BCUT2D eigenvalue weighted by atomic mass is 32.2. The molecule has 0 radical (unpaired) electrons. The molecule has 0 fully saturated rings. The van der Waals surface area contributed by atoms with Crippen LogP contribution in [0.2, 0.25) is 0 Å². The van der Waals surface area contributed by atoms with Crippen LogP contribution in [-0.2, 0) is 4.79 Å². The van der Waals surface area contributed by atoms with E-state index in [0.717, 1.165) is 16.5 Å². The SMILES string of the molecule is CC(=O)SCC#Cc1ccc2ncccc2c1. The zero-order valence-electron chi connectivity index (χ0n) is 9.43. The Morgan fingerprint density at radius 2 is 2.29 bits per heavy atom. The Kier molecular flexibility index (Phi) is 3.79. The van der Waals surface area contributed by atoms with Crippen molar-refractivity contribution in [2.45, 2.75) is 6.92 Å². The van der Waals surface area contributed by atoms with E-state index in [1.807, 2.05) is 30.3 Å². The van der Waals surface area contributed by atoms with Crippen LogP contribution in [0.4, 0.5) is 0 Å². The van der Waals surface area contributed by atoms with Crippen molar-refractivity contribution in [1.82, 2.24) is 4.98 Å². The fourth-order valence-electron chi connectivity index (χ4n) is 1.43. The smallest absolute Gasteiger partial charge is 0.186 e. The molecule has 0 N–H and O–H groups in total. The second-order valence-corrected chi connectivity index (χ2v) is 4.65. The lowest BCUT2D eigenvalue weighted by Gasteiger charge is -1.96. The Bertz CT molecular complexity index is 610. The summed E-state index contributed by atoms with van der Waals surface area (Å²) in [6, 6.07) is 9.83. The van der Waals surface area contributed by atoms with E-state index >= 15 is 0 Å². The minimum atomic E-state index is 0.0991. The third-order valence-corrected chi connectivity index (χ3v) is 2.88. The largest absolute Gasteiger partial charge is 0.288 e. The number of nitrogens with zero attached hydrogens (tertiary/aromatic N) is 1. The third kappa shape index (κ3) is 3.33. The van der Waals surface area contributed by atoms with Gasteiger partial charge in [0.2, 0.25) is 0 Å². The van der Waals surface area contributed by atoms with Gasteiger partial charge in [-0.1, -0.05) is 29.7 Å². The van der Waals surface area contributed by atoms with Crippen molar-refractivity contribution in [3.05, 3.63) is 42.1 Å². The van der Waals surface area contributed by atoms with Gasteiger partial charge in [-0.25, -0.2) is 0 Å². The molecular weight excluding hydrogens is 230 g/mol. The van der Waals surface area contributed by atoms with Gasteiger partial charge in [0.1, 0.15) is 0 Å². The molecule has 0 aliphatic carbocycles. The van der Waals surface area contributed by atoms with E-state index in [0.29, 0.717) is 5.75 Å². The van der Waals surface area contributed by atoms with Gasteiger partial charge in [0.05, 0.1) is 11.3 Å². The van der Waals surface area contributed by atoms with Gasteiger partial charge in [0.15, 0.2) is 5.12 Å². The summed E-state index contributed by atoms with van der Waals surface area (Å²) < 4.78 is 0. The highest BCUT2D eigenvalue weighted by Crippen LogP contribution is 2.12. The maximum Gasteiger partial charge on any atom is 0.186 e. The van der Waals surface area contributed by atoms with Crippen molar-refractivity contribution in [3.63, 3.8) is 0 Å². The lowest BCUT2D eigenvalue weighted by atomic mass is 10.1. The summed E-state index contributed by atoms with van der Waals surface area (Å²) in [5.74, 6) is 6.55. The summed E-state index contributed by atoms with van der Waals surface area (Å²) in [4.78, 5) is 15.0. The zero-order chi connectivity index (χ0) is 12.1. The van der Waals surface area contributed by atoms with Crippen LogP contribution in [0.15, 0.2) is 36.5 Å². The van der Waals surface area contributed by atoms with Crippen LogP contribution in [0.1, 0.15) is 12.5 Å². The van der Waals surface area contributed by atoms with E-state index in [-0.39, 0.29) is 5.12 Å². The van der Waals surface area contributed by atoms with E-state index in [9.17, 15) is 4.79 Å². The first kappa shape index (κ1) is 11.7. The third-order valence-electron chi connectivity index (χ3n) is 2.18. The predicted molar refractivity (Wildman–Crippen MR) is 71.8 cm³/mol. The standard InChI is InChI=1S/C14H11NOS/c1-11(16)17-9-3-4-12-6-7-14-13(10-12)5-2-8-15-14/h2,5-8,10H,9H2,1H3. The molecule has 0 saturated carbocycles. The number of hydrogen-bond acceptors (Lipinski definition) is 3. The molecule has 0 bridgehead atoms. The van der Waals surface area contributed by atoms with E-state index in [4.69, 9.17) is 0 Å². The molecule has 0 unspecified atom stereocenters. The zero-order valence-corrected chi connectivity index (χ0v) is 10.3. The number of pyridine rings is 1. The topological polar surface area (TPSA) is 30.0 Å². The van der Waals surface area contributed by atoms with Crippen LogP contribution in [0, 0.1) is 11.8 Å². The van der Waals surface area contributed by atoms with E-state index < -0.39 is 0 Å². The number of carbonyl (C=O) groups is 1. The quantitative estimate of drug-likeness (QED) is 0.719. The maximum absolute atomic E-state index is 10.7. The van der Waals surface area contributed by atoms with Crippen LogP contribution in [0.3, 0.4) is 0 Å². The summed E-state index contributed by atoms with van der Waals surface area (Å²) in [5.41, 5.74) is 1.92. The van der Waals surface area contributed by atoms with E-state index in [1.54, 1.807) is 13.1 Å². The minimum Gasteiger partial charge on any atom is -0.288 e. The summed E-state index contributed by atoms with van der Waals surface area (Å²) in [6.07, 6.45) is 1.77. The van der Waals surface area contributed by atoms with Crippen molar-refractivity contribution in [3.8, 4) is 11.8 Å². The second-order valence-electron chi connectivity index (χ2n) is 3.49. The van der Waals surface area contributed by atoms with Gasteiger partial charge in [-0.05, 0) is 24.3 Å². The summed E-state index contributed by atoms with van der Waals surface area (Å²) >= 11 is 1.23. The van der Waals surface area contributed by atoms with Crippen LogP contribution in [0.25, 0.3) is 10.9 Å². The Morgan fingerprint density at radius 3 is 3.12 bits per heavy atom. The lowest BCUT2D eigenvalue weighted by molar-refractivity contribution is -0.109. The number of aromatic nitrogens is 1. The lowest BCUT2D eigenvalue weighted by Crippen LogP contribution is -1.83. The fourth-order valence-corrected chi connectivity index (χ4v) is 1.78. The highest BCUT2D eigenvalue weighted by molar-refractivity contribution is 8.13. The second kappa shape index (κ2) is 5.51. The van der Waals surface area contributed by atoms with Crippen molar-refractivity contribution >= 4 is 27.8 Å². The molecule has 0 spiro atoms. The molecule has 2 aromatic rings. The first-order chi connectivity index (χ1) is 8.25. The van der Waals surface area contributed by atoms with Crippen molar-refractivity contribution in [2.24, 2.45) is 0 Å². The van der Waals surface area contributed by atoms with Crippen molar-refractivity contribution in [2.75, 3.05) is 5.75 Å². The molecule has 2 nitrogen and oxygen atoms in total. The van der Waals surface area contributed by atoms with E-state index in [1.165, 1.54) is 11.8 Å². The van der Waals surface area contributed by atoms with Crippen LogP contribution >= 0.6 is 11.8 Å². The number of carbonyl (C=O) groups excluding carboxylic acids is 1. The molecule has 0 aliphatic heterocycles. The molecule has 1 aromatic carbocycles. The first-order valence-corrected chi connectivity index (χ1v) is 6.21. The fraction of sp³-hybridized carbons (Fsp3) is 0.143. The Labute approximate surface area is 104 Å². The van der Waals surface area contributed by atoms with Crippen molar-refractivity contribution < 1.29 is 4.79 Å². The predicted octanol–water partition coefficient (Wildman–Crippen LogP) is 2.87. The number of benzene rings is 1. The molecule has 84 valence electrons. The van der Waals surface area contributed by atoms with E-state index in [2.05, 4.69) is 16.8 Å². The molecule has 0 amide bonds. The molecule has 0 aliphatic rings. The Balaban J connectivity index is 2.16. The van der Waals surface area contributed by atoms with Gasteiger partial charge in [-0.3, -0.25) is 9.78 Å². The number of rotatable bonds is 1. The molecule has 3 heteroatoms. The van der Waals surface area contributed by atoms with Gasteiger partial charge >= 0.3 is 0 Å². The summed E-state index contributed by atoms with van der Waals surface area (Å²) in [7, 11) is 0. The molecule has 17 heavy (non-hydrogen) atoms. The molecule has 1 heterocycles. The monoisotopic (exact) mass is 241 g/mol. The molecular formula is C14H11NOS. The molecule has 1 aromatic heterocycles. The summed E-state index contributed by atoms with van der Waals surface area (Å²) in [5, 5.41) is 1.18. The van der Waals surface area contributed by atoms with Gasteiger partial charge in [0.25, 0.3) is 0 Å².